The molecule has 0 aliphatic heterocycles. The lowest BCUT2D eigenvalue weighted by atomic mass is 9.72. The van der Waals surface area contributed by atoms with Crippen molar-refractivity contribution in [1.29, 1.82) is 0 Å². The Morgan fingerprint density at radius 3 is 2.65 bits per heavy atom. The van der Waals surface area contributed by atoms with Gasteiger partial charge in [0.25, 0.3) is 16.8 Å². The number of anilines is 3. The van der Waals surface area contributed by atoms with Gasteiger partial charge in [-0.25, -0.2) is 4.98 Å². The van der Waals surface area contributed by atoms with Gasteiger partial charge in [-0.05, 0) is 24.0 Å². The van der Waals surface area contributed by atoms with Crippen LogP contribution in [0.15, 0.2) is 38.6 Å². The molecule has 9 heteroatoms. The third-order valence-corrected chi connectivity index (χ3v) is 5.86. The second-order valence-electron chi connectivity index (χ2n) is 8.65. The van der Waals surface area contributed by atoms with E-state index in [1.807, 2.05) is 6.07 Å². The Morgan fingerprint density at radius 2 is 1.94 bits per heavy atom. The van der Waals surface area contributed by atoms with Crippen molar-refractivity contribution in [1.82, 2.24) is 9.88 Å². The Kier molecular flexibility index (Phi) is 4.83. The van der Waals surface area contributed by atoms with Gasteiger partial charge in [-0.1, -0.05) is 13.8 Å². The van der Waals surface area contributed by atoms with E-state index in [0.717, 1.165) is 24.2 Å². The molecule has 3 aromatic rings. The fraction of sp³-hybridized carbons (Fsp3) is 0.364. The first kappa shape index (κ1) is 20.6. The van der Waals surface area contributed by atoms with Gasteiger partial charge in [-0.3, -0.25) is 14.4 Å². The molecule has 0 unspecified atom stereocenters. The Balaban J connectivity index is 1.67. The second kappa shape index (κ2) is 7.26. The third kappa shape index (κ3) is 3.35. The SMILES string of the molecule is CN(C)C(=O)c1nccc(Nc2c(N[C@@H]3c4ccoc4CCC3(C)C)c(=O)c2=O)c1O. The first-order chi connectivity index (χ1) is 14.6. The van der Waals surface area contributed by atoms with Crippen molar-refractivity contribution < 1.29 is 14.3 Å². The zero-order chi connectivity index (χ0) is 22.5. The Bertz CT molecular complexity index is 1230. The number of nitrogens with zero attached hydrogens (tertiary/aromatic N) is 2. The van der Waals surface area contributed by atoms with Gasteiger partial charge in [-0.15, -0.1) is 0 Å². The molecule has 0 bridgehead atoms. The van der Waals surface area contributed by atoms with Gasteiger partial charge in [0.15, 0.2) is 11.4 Å². The van der Waals surface area contributed by atoms with Crippen LogP contribution in [0.5, 0.6) is 5.75 Å². The van der Waals surface area contributed by atoms with Gasteiger partial charge in [0, 0.05) is 32.3 Å². The van der Waals surface area contributed by atoms with Gasteiger partial charge >= 0.3 is 0 Å². The molecule has 9 nitrogen and oxygen atoms in total. The van der Waals surface area contributed by atoms with Crippen LogP contribution in [0.4, 0.5) is 17.1 Å². The summed E-state index contributed by atoms with van der Waals surface area (Å²) in [6, 6.07) is 3.08. The summed E-state index contributed by atoms with van der Waals surface area (Å²) in [6.45, 7) is 4.18. The average Bonchev–Trinajstić information content (AvgIpc) is 3.20. The molecule has 162 valence electrons. The predicted octanol–water partition coefficient (Wildman–Crippen LogP) is 2.55. The minimum Gasteiger partial charge on any atom is -0.504 e. The molecule has 0 radical (unpaired) electrons. The van der Waals surface area contributed by atoms with Crippen molar-refractivity contribution >= 4 is 23.0 Å². The van der Waals surface area contributed by atoms with Gasteiger partial charge in [0.1, 0.15) is 17.1 Å². The molecular formula is C22H24N4O5. The standard InChI is InChI=1S/C22H24N4O5/c1-22(2)8-5-13-11(7-10-31-13)20(22)25-15-14(18(28)19(15)29)24-12-6-9-23-16(17(12)27)21(30)26(3)4/h6-7,9-10,20,25,27H,5,8H2,1-4H3,(H,23,24)/t20-/m1/s1. The van der Waals surface area contributed by atoms with E-state index in [0.29, 0.717) is 0 Å². The Morgan fingerprint density at radius 1 is 1.23 bits per heavy atom. The lowest BCUT2D eigenvalue weighted by Gasteiger charge is -2.39. The van der Waals surface area contributed by atoms with Crippen LogP contribution in [0.1, 0.15) is 48.1 Å². The highest BCUT2D eigenvalue weighted by atomic mass is 16.3. The summed E-state index contributed by atoms with van der Waals surface area (Å²) in [7, 11) is 3.08. The summed E-state index contributed by atoms with van der Waals surface area (Å²) in [5.41, 5.74) is -0.400. The van der Waals surface area contributed by atoms with Crippen LogP contribution in [0.2, 0.25) is 0 Å². The molecule has 1 aliphatic rings. The van der Waals surface area contributed by atoms with E-state index in [9.17, 15) is 19.5 Å². The molecule has 0 saturated heterocycles. The molecule has 2 aromatic heterocycles. The molecule has 2 heterocycles. The van der Waals surface area contributed by atoms with E-state index >= 15 is 0 Å². The van der Waals surface area contributed by atoms with Crippen LogP contribution < -0.4 is 21.5 Å². The fourth-order valence-corrected chi connectivity index (χ4v) is 3.94. The first-order valence-electron chi connectivity index (χ1n) is 9.94. The van der Waals surface area contributed by atoms with Gasteiger partial charge < -0.3 is 25.1 Å². The van der Waals surface area contributed by atoms with E-state index in [1.165, 1.54) is 31.3 Å². The number of fused-ring (bicyclic) bond motifs is 1. The maximum absolute atomic E-state index is 12.4. The largest absolute Gasteiger partial charge is 0.504 e. The summed E-state index contributed by atoms with van der Waals surface area (Å²) in [5.74, 6) is -0.0140. The third-order valence-electron chi connectivity index (χ3n) is 5.86. The van der Waals surface area contributed by atoms with Crippen LogP contribution in [-0.2, 0) is 6.42 Å². The summed E-state index contributed by atoms with van der Waals surface area (Å²) >= 11 is 0. The van der Waals surface area contributed by atoms with Crippen molar-refractivity contribution in [3.05, 3.63) is 62.1 Å². The zero-order valence-electron chi connectivity index (χ0n) is 17.8. The molecule has 0 fully saturated rings. The number of hydrogen-bond acceptors (Lipinski definition) is 8. The molecule has 0 saturated carbocycles. The second-order valence-corrected chi connectivity index (χ2v) is 8.65. The highest BCUT2D eigenvalue weighted by molar-refractivity contribution is 5.97. The average molecular weight is 424 g/mol. The van der Waals surface area contributed by atoms with Crippen LogP contribution in [0.25, 0.3) is 0 Å². The summed E-state index contributed by atoms with van der Waals surface area (Å²) in [6.07, 6.45) is 4.63. The van der Waals surface area contributed by atoms with Crippen molar-refractivity contribution in [2.24, 2.45) is 5.41 Å². The quantitative estimate of drug-likeness (QED) is 0.534. The zero-order valence-corrected chi connectivity index (χ0v) is 17.8. The van der Waals surface area contributed by atoms with E-state index < -0.39 is 22.5 Å². The van der Waals surface area contributed by atoms with Crippen molar-refractivity contribution in [2.75, 3.05) is 24.7 Å². The first-order valence-corrected chi connectivity index (χ1v) is 9.94. The van der Waals surface area contributed by atoms with Gasteiger partial charge in [-0.2, -0.15) is 0 Å². The van der Waals surface area contributed by atoms with E-state index in [2.05, 4.69) is 29.5 Å². The number of carbonyl (C=O) groups is 1. The van der Waals surface area contributed by atoms with Crippen molar-refractivity contribution in [3.8, 4) is 5.75 Å². The van der Waals surface area contributed by atoms with E-state index in [4.69, 9.17) is 4.42 Å². The monoisotopic (exact) mass is 424 g/mol. The lowest BCUT2D eigenvalue weighted by molar-refractivity contribution is 0.0819. The molecular weight excluding hydrogens is 400 g/mol. The Hall–Kier alpha value is -3.62. The fourth-order valence-electron chi connectivity index (χ4n) is 3.94. The van der Waals surface area contributed by atoms with Crippen LogP contribution in [-0.4, -0.2) is 35.0 Å². The number of amides is 1. The number of aromatic hydroxyl groups is 1. The highest BCUT2D eigenvalue weighted by Gasteiger charge is 2.39. The molecule has 1 amide bonds. The van der Waals surface area contributed by atoms with Crippen LogP contribution in [0, 0.1) is 5.41 Å². The normalized spacial score (nSPS) is 17.2. The topological polar surface area (TPSA) is 125 Å². The minimum atomic E-state index is -0.694. The molecule has 0 spiro atoms. The number of nitrogens with one attached hydrogen (secondary N) is 2. The number of furan rings is 1. The highest BCUT2D eigenvalue weighted by Crippen LogP contribution is 2.46. The molecule has 4 rings (SSSR count). The number of hydrogen-bond donors (Lipinski definition) is 3. The molecule has 1 aliphatic carbocycles. The van der Waals surface area contributed by atoms with Gasteiger partial charge in [0.2, 0.25) is 0 Å². The van der Waals surface area contributed by atoms with Crippen molar-refractivity contribution in [2.45, 2.75) is 32.7 Å². The smallest absolute Gasteiger partial charge is 0.275 e. The molecule has 1 atom stereocenters. The summed E-state index contributed by atoms with van der Waals surface area (Å²) < 4.78 is 5.55. The number of aryl methyl sites for hydroxylation is 1. The lowest BCUT2D eigenvalue weighted by Crippen LogP contribution is -2.41. The van der Waals surface area contributed by atoms with Crippen molar-refractivity contribution in [3.63, 3.8) is 0 Å². The van der Waals surface area contributed by atoms with Crippen LogP contribution >= 0.6 is 0 Å². The van der Waals surface area contributed by atoms with E-state index in [1.54, 1.807) is 6.26 Å². The van der Waals surface area contributed by atoms with E-state index in [-0.39, 0.29) is 34.2 Å². The number of aromatic nitrogens is 1. The summed E-state index contributed by atoms with van der Waals surface area (Å²) in [5, 5.41) is 16.5. The minimum absolute atomic E-state index is 0.0428. The number of carbonyl (C=O) groups excluding carboxylic acids is 1. The predicted molar refractivity (Wildman–Crippen MR) is 116 cm³/mol. The maximum atomic E-state index is 12.4. The number of pyridine rings is 1. The Labute approximate surface area is 178 Å². The summed E-state index contributed by atoms with van der Waals surface area (Å²) in [4.78, 5) is 42.1. The van der Waals surface area contributed by atoms with Gasteiger partial charge in [0.05, 0.1) is 18.0 Å². The molecule has 3 N–H and O–H groups in total. The maximum Gasteiger partial charge on any atom is 0.275 e. The number of rotatable bonds is 5. The molecule has 31 heavy (non-hydrogen) atoms. The van der Waals surface area contributed by atoms with Crippen LogP contribution in [0.3, 0.4) is 0 Å². The molecule has 1 aromatic carbocycles.